The highest BCUT2D eigenvalue weighted by Gasteiger charge is 2.39. The number of terminal acetylenes is 1. The molecule has 0 radical (unpaired) electrons. The Kier molecular flexibility index (Phi) is 6.48. The molecule has 132 valence electrons. The lowest BCUT2D eigenvalue weighted by Crippen LogP contribution is -2.43. The number of hydrogen-bond acceptors (Lipinski definition) is 6. The molecule has 1 atom stereocenters. The van der Waals surface area contributed by atoms with Gasteiger partial charge < -0.3 is 10.1 Å². The van der Waals surface area contributed by atoms with Gasteiger partial charge in [0.05, 0.1) is 7.11 Å². The molecule has 1 unspecified atom stereocenters. The number of amides is 1. The van der Waals surface area contributed by atoms with Gasteiger partial charge in [0.15, 0.2) is 5.66 Å². The Bertz CT molecular complexity index is 691. The average molecular weight is 363 g/mol. The third kappa shape index (κ3) is 5.84. The highest BCUT2D eigenvalue weighted by atomic mass is 35.5. The second-order valence-corrected chi connectivity index (χ2v) is 6.11. The molecule has 0 saturated carbocycles. The van der Waals surface area contributed by atoms with Gasteiger partial charge in [-0.05, 0) is 11.6 Å². The fraction of sp³-hybridized carbons (Fsp3) is 0.471. The van der Waals surface area contributed by atoms with E-state index in [2.05, 4.69) is 26.4 Å². The number of carbonyl (C=O) groups excluding carboxylic acids is 2. The minimum atomic E-state index is -0.796. The van der Waals surface area contributed by atoms with Gasteiger partial charge in [0.1, 0.15) is 11.2 Å². The Morgan fingerprint density at radius 1 is 1.40 bits per heavy atom. The number of carbonyl (C=O) groups is 2. The first-order valence-corrected chi connectivity index (χ1v) is 8.21. The summed E-state index contributed by atoms with van der Waals surface area (Å²) >= 11 is 5.75. The zero-order chi connectivity index (χ0) is 18.3. The molecule has 0 saturated heterocycles. The van der Waals surface area contributed by atoms with E-state index < -0.39 is 17.7 Å². The van der Waals surface area contributed by atoms with Crippen LogP contribution in [0.25, 0.3) is 0 Å². The third-order valence-electron chi connectivity index (χ3n) is 3.85. The molecular weight excluding hydrogens is 344 g/mol. The van der Waals surface area contributed by atoms with Crippen molar-refractivity contribution < 1.29 is 14.3 Å². The summed E-state index contributed by atoms with van der Waals surface area (Å²) in [5.41, 5.74) is 0.239. The van der Waals surface area contributed by atoms with E-state index in [4.69, 9.17) is 22.8 Å². The lowest BCUT2D eigenvalue weighted by molar-refractivity contribution is -0.145. The summed E-state index contributed by atoms with van der Waals surface area (Å²) in [6.07, 6.45) is 8.92. The minimum absolute atomic E-state index is 0.198. The number of hydrogen-bond donors (Lipinski definition) is 1. The summed E-state index contributed by atoms with van der Waals surface area (Å²) in [7, 11) is 1.28. The molecular formula is C17H19ClN4O3. The Balaban J connectivity index is 1.88. The zero-order valence-electron chi connectivity index (χ0n) is 13.9. The van der Waals surface area contributed by atoms with E-state index in [1.54, 1.807) is 18.3 Å². The van der Waals surface area contributed by atoms with Crippen LogP contribution in [0.1, 0.15) is 31.2 Å². The third-order valence-corrected chi connectivity index (χ3v) is 4.08. The molecule has 0 aromatic carbocycles. The molecule has 0 fully saturated rings. The number of nitrogens with zero attached hydrogens (tertiary/aromatic N) is 3. The van der Waals surface area contributed by atoms with Gasteiger partial charge in [0, 0.05) is 38.3 Å². The van der Waals surface area contributed by atoms with Crippen LogP contribution in [0.5, 0.6) is 0 Å². The van der Waals surface area contributed by atoms with Crippen molar-refractivity contribution in [1.29, 1.82) is 0 Å². The topological polar surface area (TPSA) is 93.0 Å². The van der Waals surface area contributed by atoms with E-state index in [1.807, 2.05) is 0 Å². The predicted octanol–water partition coefficient (Wildman–Crippen LogP) is 2.29. The van der Waals surface area contributed by atoms with Crippen LogP contribution >= 0.6 is 11.6 Å². The predicted molar refractivity (Wildman–Crippen MR) is 91.8 cm³/mol. The van der Waals surface area contributed by atoms with E-state index in [9.17, 15) is 9.59 Å². The van der Waals surface area contributed by atoms with Gasteiger partial charge in [-0.2, -0.15) is 10.2 Å². The SMILES string of the molecule is C#CCCC1(CCC(=O)NC(Cc2ccc(Cl)nc2)C(=O)OC)N=N1. The first-order valence-electron chi connectivity index (χ1n) is 7.83. The summed E-state index contributed by atoms with van der Waals surface area (Å²) in [5.74, 6) is 1.75. The highest BCUT2D eigenvalue weighted by Crippen LogP contribution is 2.37. The van der Waals surface area contributed by atoms with Crippen molar-refractivity contribution in [2.45, 2.75) is 43.8 Å². The summed E-state index contributed by atoms with van der Waals surface area (Å²) < 4.78 is 4.76. The Morgan fingerprint density at radius 3 is 2.72 bits per heavy atom. The Labute approximate surface area is 151 Å². The number of pyridine rings is 1. The van der Waals surface area contributed by atoms with Crippen molar-refractivity contribution in [2.24, 2.45) is 10.2 Å². The summed E-state index contributed by atoms with van der Waals surface area (Å²) in [5, 5.41) is 11.0. The van der Waals surface area contributed by atoms with Gasteiger partial charge in [-0.1, -0.05) is 17.7 Å². The Hall–Kier alpha value is -2.46. The van der Waals surface area contributed by atoms with Crippen molar-refractivity contribution in [3.63, 3.8) is 0 Å². The molecule has 1 aromatic rings. The second-order valence-electron chi connectivity index (χ2n) is 5.72. The van der Waals surface area contributed by atoms with Crippen LogP contribution in [0, 0.1) is 12.3 Å². The monoisotopic (exact) mass is 362 g/mol. The summed E-state index contributed by atoms with van der Waals surface area (Å²) in [6, 6.07) is 2.57. The van der Waals surface area contributed by atoms with Crippen LogP contribution in [0.3, 0.4) is 0 Å². The molecule has 2 heterocycles. The zero-order valence-corrected chi connectivity index (χ0v) is 14.6. The molecule has 8 heteroatoms. The first-order chi connectivity index (χ1) is 12.0. The van der Waals surface area contributed by atoms with Crippen molar-refractivity contribution >= 4 is 23.5 Å². The van der Waals surface area contributed by atoms with Gasteiger partial charge >= 0.3 is 5.97 Å². The number of aromatic nitrogens is 1. The quantitative estimate of drug-likeness (QED) is 0.414. The van der Waals surface area contributed by atoms with Crippen molar-refractivity contribution in [2.75, 3.05) is 7.11 Å². The second kappa shape index (κ2) is 8.58. The molecule has 0 bridgehead atoms. The molecule has 2 rings (SSSR count). The maximum absolute atomic E-state index is 12.2. The molecule has 1 aliphatic heterocycles. The fourth-order valence-electron chi connectivity index (χ4n) is 2.35. The van der Waals surface area contributed by atoms with Gasteiger partial charge in [0.2, 0.25) is 5.91 Å². The van der Waals surface area contributed by atoms with Crippen LogP contribution in [-0.2, 0) is 20.7 Å². The minimum Gasteiger partial charge on any atom is -0.467 e. The molecule has 0 spiro atoms. The molecule has 1 amide bonds. The van der Waals surface area contributed by atoms with Gasteiger partial charge in [-0.25, -0.2) is 9.78 Å². The lowest BCUT2D eigenvalue weighted by Gasteiger charge is -2.17. The highest BCUT2D eigenvalue weighted by molar-refractivity contribution is 6.29. The number of esters is 1. The maximum atomic E-state index is 12.2. The van der Waals surface area contributed by atoms with Crippen LogP contribution in [0.15, 0.2) is 28.6 Å². The number of methoxy groups -OCH3 is 1. The largest absolute Gasteiger partial charge is 0.467 e. The fourth-order valence-corrected chi connectivity index (χ4v) is 2.46. The molecule has 25 heavy (non-hydrogen) atoms. The molecule has 1 N–H and O–H groups in total. The van der Waals surface area contributed by atoms with Crippen molar-refractivity contribution in [3.8, 4) is 12.3 Å². The van der Waals surface area contributed by atoms with E-state index >= 15 is 0 Å². The standard InChI is InChI=1S/C17H19ClN4O3/c1-3-4-8-17(21-22-17)9-7-15(23)20-13(16(24)25-2)10-12-5-6-14(18)19-11-12/h1,5-6,11,13H,4,7-10H2,2H3,(H,20,23). The molecule has 1 aromatic heterocycles. The van der Waals surface area contributed by atoms with Crippen molar-refractivity contribution in [3.05, 3.63) is 29.0 Å². The molecule has 0 aliphatic carbocycles. The van der Waals surface area contributed by atoms with Crippen LogP contribution in [0.4, 0.5) is 0 Å². The Morgan fingerprint density at radius 2 is 2.16 bits per heavy atom. The van der Waals surface area contributed by atoms with Crippen LogP contribution < -0.4 is 5.32 Å². The normalized spacial score (nSPS) is 15.1. The maximum Gasteiger partial charge on any atom is 0.328 e. The van der Waals surface area contributed by atoms with Gasteiger partial charge in [-0.3, -0.25) is 4.79 Å². The first kappa shape index (κ1) is 18.9. The van der Waals surface area contributed by atoms with E-state index in [-0.39, 0.29) is 18.7 Å². The number of halogens is 1. The smallest absolute Gasteiger partial charge is 0.328 e. The lowest BCUT2D eigenvalue weighted by atomic mass is 10.0. The van der Waals surface area contributed by atoms with Crippen LogP contribution in [0.2, 0.25) is 5.15 Å². The average Bonchev–Trinajstić information content (AvgIpc) is 3.39. The number of rotatable bonds is 9. The van der Waals surface area contributed by atoms with E-state index in [1.165, 1.54) is 7.11 Å². The number of ether oxygens (including phenoxy) is 1. The summed E-state index contributed by atoms with van der Waals surface area (Å²) in [4.78, 5) is 28.1. The number of nitrogens with one attached hydrogen (secondary N) is 1. The van der Waals surface area contributed by atoms with E-state index in [0.717, 1.165) is 5.56 Å². The van der Waals surface area contributed by atoms with Gasteiger partial charge in [-0.15, -0.1) is 12.3 Å². The van der Waals surface area contributed by atoms with E-state index in [0.29, 0.717) is 24.4 Å². The van der Waals surface area contributed by atoms with Gasteiger partial charge in [0.25, 0.3) is 0 Å². The summed E-state index contributed by atoms with van der Waals surface area (Å²) in [6.45, 7) is 0. The van der Waals surface area contributed by atoms with Crippen LogP contribution in [-0.4, -0.2) is 35.7 Å². The molecule has 1 aliphatic rings. The van der Waals surface area contributed by atoms with Crippen molar-refractivity contribution in [1.82, 2.24) is 10.3 Å². The molecule has 7 nitrogen and oxygen atoms in total.